The number of carbonyl (C=O) groups is 3. The van der Waals surface area contributed by atoms with E-state index in [1.165, 1.54) is 4.90 Å². The quantitative estimate of drug-likeness (QED) is 0.636. The van der Waals surface area contributed by atoms with Gasteiger partial charge in [0.15, 0.2) is 0 Å². The number of hydrogen-bond donors (Lipinski definition) is 1. The summed E-state index contributed by atoms with van der Waals surface area (Å²) in [5, 5.41) is 0. The molecule has 0 saturated carbocycles. The number of nitrogens with two attached hydrogens (primary N) is 1. The lowest BCUT2D eigenvalue weighted by Crippen LogP contribution is -2.47. The van der Waals surface area contributed by atoms with Crippen molar-refractivity contribution in [3.8, 4) is 0 Å². The lowest BCUT2D eigenvalue weighted by Gasteiger charge is -2.30. The van der Waals surface area contributed by atoms with Crippen LogP contribution in [0.25, 0.3) is 0 Å². The molecule has 7 heteroatoms. The zero-order valence-electron chi connectivity index (χ0n) is 18.8. The maximum atomic E-state index is 13.4. The SMILES string of the molecule is CC(C)C1C[C@@H]([C@@H](N)C[C@H](C(=O)N2C(=O)OC[C@@H]2Cc2ccccc2)C(C)C)OC1=O. The topological polar surface area (TPSA) is 98.9 Å². The molecule has 2 aliphatic heterocycles. The molecule has 1 aromatic rings. The number of imide groups is 1. The normalized spacial score (nSPS) is 25.6. The molecular formula is C24H34N2O5. The van der Waals surface area contributed by atoms with Gasteiger partial charge in [-0.2, -0.15) is 0 Å². The van der Waals surface area contributed by atoms with E-state index in [4.69, 9.17) is 15.2 Å². The first-order valence-electron chi connectivity index (χ1n) is 11.2. The third-order valence-corrected chi connectivity index (χ3v) is 6.50. The molecule has 0 bridgehead atoms. The van der Waals surface area contributed by atoms with Crippen LogP contribution in [0.15, 0.2) is 30.3 Å². The van der Waals surface area contributed by atoms with Gasteiger partial charge in [0.25, 0.3) is 0 Å². The number of nitrogens with zero attached hydrogens (tertiary/aromatic N) is 1. The highest BCUT2D eigenvalue weighted by atomic mass is 16.6. The Morgan fingerprint density at radius 1 is 1.16 bits per heavy atom. The van der Waals surface area contributed by atoms with Crippen LogP contribution in [0.1, 0.15) is 46.1 Å². The fraction of sp³-hybridized carbons (Fsp3) is 0.625. The van der Waals surface area contributed by atoms with Crippen LogP contribution in [0.4, 0.5) is 4.79 Å². The molecule has 0 aliphatic carbocycles. The number of carbonyl (C=O) groups excluding carboxylic acids is 3. The van der Waals surface area contributed by atoms with Crippen LogP contribution < -0.4 is 5.73 Å². The van der Waals surface area contributed by atoms with Crippen LogP contribution in [-0.2, 0) is 25.5 Å². The summed E-state index contributed by atoms with van der Waals surface area (Å²) < 4.78 is 10.7. The number of esters is 1. The Morgan fingerprint density at radius 2 is 1.84 bits per heavy atom. The molecule has 2 N–H and O–H groups in total. The second-order valence-electron chi connectivity index (χ2n) is 9.44. The number of benzene rings is 1. The molecule has 31 heavy (non-hydrogen) atoms. The molecule has 1 aromatic carbocycles. The third kappa shape index (κ3) is 5.26. The zero-order valence-corrected chi connectivity index (χ0v) is 18.8. The van der Waals surface area contributed by atoms with Gasteiger partial charge in [-0.05, 0) is 36.7 Å². The molecule has 1 unspecified atom stereocenters. The molecule has 0 aromatic heterocycles. The Kier molecular flexibility index (Phi) is 7.36. The van der Waals surface area contributed by atoms with E-state index >= 15 is 0 Å². The van der Waals surface area contributed by atoms with Crippen LogP contribution in [-0.4, -0.2) is 47.7 Å². The van der Waals surface area contributed by atoms with Crippen molar-refractivity contribution >= 4 is 18.0 Å². The van der Waals surface area contributed by atoms with E-state index in [1.54, 1.807) is 0 Å². The Hall–Kier alpha value is -2.41. The Morgan fingerprint density at radius 3 is 2.42 bits per heavy atom. The lowest BCUT2D eigenvalue weighted by atomic mass is 9.84. The maximum Gasteiger partial charge on any atom is 0.416 e. The van der Waals surface area contributed by atoms with E-state index in [0.717, 1.165) is 5.56 Å². The summed E-state index contributed by atoms with van der Waals surface area (Å²) in [5.41, 5.74) is 7.45. The first-order chi connectivity index (χ1) is 14.7. The fourth-order valence-corrected chi connectivity index (χ4v) is 4.49. The molecule has 2 fully saturated rings. The summed E-state index contributed by atoms with van der Waals surface area (Å²) in [4.78, 5) is 39.3. The molecule has 7 nitrogen and oxygen atoms in total. The summed E-state index contributed by atoms with van der Waals surface area (Å²) in [7, 11) is 0. The fourth-order valence-electron chi connectivity index (χ4n) is 4.49. The molecule has 2 amide bonds. The number of hydrogen-bond acceptors (Lipinski definition) is 6. The highest BCUT2D eigenvalue weighted by molar-refractivity contribution is 5.95. The molecule has 2 heterocycles. The monoisotopic (exact) mass is 430 g/mol. The largest absolute Gasteiger partial charge is 0.460 e. The van der Waals surface area contributed by atoms with Crippen molar-refractivity contribution in [1.82, 2.24) is 4.90 Å². The zero-order chi connectivity index (χ0) is 22.7. The molecule has 3 rings (SSSR count). The summed E-state index contributed by atoms with van der Waals surface area (Å²) in [6, 6.07) is 8.94. The van der Waals surface area contributed by atoms with Crippen molar-refractivity contribution in [2.45, 2.75) is 65.1 Å². The standard InChI is InChI=1S/C24H34N2O5/c1-14(2)18(11-20(25)21-12-19(15(3)4)23(28)31-21)22(27)26-17(13-30-24(26)29)10-16-8-6-5-7-9-16/h5-9,14-15,17-21H,10-13,25H2,1-4H3/t17-,18-,19?,20-,21-/m0/s1. The van der Waals surface area contributed by atoms with Crippen LogP contribution in [0.3, 0.4) is 0 Å². The van der Waals surface area contributed by atoms with Gasteiger partial charge in [-0.15, -0.1) is 0 Å². The Bertz CT molecular complexity index is 794. The number of amides is 2. The predicted molar refractivity (Wildman–Crippen MR) is 116 cm³/mol. The minimum Gasteiger partial charge on any atom is -0.460 e. The first-order valence-corrected chi connectivity index (χ1v) is 11.2. The highest BCUT2D eigenvalue weighted by Crippen LogP contribution is 2.32. The van der Waals surface area contributed by atoms with Crippen molar-refractivity contribution in [2.75, 3.05) is 6.61 Å². The minimum atomic E-state index is -0.600. The van der Waals surface area contributed by atoms with Crippen molar-refractivity contribution in [3.05, 3.63) is 35.9 Å². The third-order valence-electron chi connectivity index (χ3n) is 6.50. The van der Waals surface area contributed by atoms with Crippen LogP contribution in [0, 0.1) is 23.7 Å². The minimum absolute atomic E-state index is 0.0256. The van der Waals surface area contributed by atoms with E-state index in [0.29, 0.717) is 19.3 Å². The van der Waals surface area contributed by atoms with Gasteiger partial charge < -0.3 is 15.2 Å². The predicted octanol–water partition coefficient (Wildman–Crippen LogP) is 3.15. The van der Waals surface area contributed by atoms with Crippen LogP contribution in [0.5, 0.6) is 0 Å². The van der Waals surface area contributed by atoms with Crippen LogP contribution >= 0.6 is 0 Å². The second-order valence-corrected chi connectivity index (χ2v) is 9.44. The van der Waals surface area contributed by atoms with Gasteiger partial charge in [0, 0.05) is 12.0 Å². The molecule has 5 atom stereocenters. The van der Waals surface area contributed by atoms with Crippen molar-refractivity contribution < 1.29 is 23.9 Å². The van der Waals surface area contributed by atoms with Crippen molar-refractivity contribution in [2.24, 2.45) is 29.4 Å². The Balaban J connectivity index is 1.70. The molecule has 0 radical (unpaired) electrons. The number of ether oxygens (including phenoxy) is 2. The van der Waals surface area contributed by atoms with E-state index in [2.05, 4.69) is 0 Å². The number of cyclic esters (lactones) is 2. The molecule has 2 aliphatic rings. The lowest BCUT2D eigenvalue weighted by molar-refractivity contribution is -0.146. The van der Waals surface area contributed by atoms with E-state index in [-0.39, 0.29) is 42.3 Å². The summed E-state index contributed by atoms with van der Waals surface area (Å²) >= 11 is 0. The molecule has 0 spiro atoms. The van der Waals surface area contributed by atoms with Gasteiger partial charge in [-0.1, -0.05) is 58.0 Å². The smallest absolute Gasteiger partial charge is 0.416 e. The molecule has 2 saturated heterocycles. The summed E-state index contributed by atoms with van der Waals surface area (Å²) in [5.74, 6) is -0.941. The van der Waals surface area contributed by atoms with Crippen LogP contribution in [0.2, 0.25) is 0 Å². The molecule has 170 valence electrons. The first kappa shape index (κ1) is 23.3. The average Bonchev–Trinajstić information content (AvgIpc) is 3.29. The van der Waals surface area contributed by atoms with Gasteiger partial charge in [0.1, 0.15) is 12.7 Å². The van der Waals surface area contributed by atoms with Gasteiger partial charge in [0.05, 0.1) is 12.0 Å². The van der Waals surface area contributed by atoms with E-state index in [9.17, 15) is 14.4 Å². The Labute approximate surface area is 184 Å². The van der Waals surface area contributed by atoms with Gasteiger partial charge >= 0.3 is 12.1 Å². The number of rotatable bonds is 8. The van der Waals surface area contributed by atoms with Crippen molar-refractivity contribution in [1.29, 1.82) is 0 Å². The van der Waals surface area contributed by atoms with Gasteiger partial charge in [-0.3, -0.25) is 9.59 Å². The summed E-state index contributed by atoms with van der Waals surface area (Å²) in [6.07, 6.45) is 0.461. The highest BCUT2D eigenvalue weighted by Gasteiger charge is 2.44. The average molecular weight is 431 g/mol. The van der Waals surface area contributed by atoms with E-state index < -0.39 is 24.2 Å². The van der Waals surface area contributed by atoms with Gasteiger partial charge in [-0.25, -0.2) is 9.69 Å². The maximum absolute atomic E-state index is 13.4. The summed E-state index contributed by atoms with van der Waals surface area (Å²) in [6.45, 7) is 8.06. The second kappa shape index (κ2) is 9.81. The molecular weight excluding hydrogens is 396 g/mol. The van der Waals surface area contributed by atoms with E-state index in [1.807, 2.05) is 58.0 Å². The van der Waals surface area contributed by atoms with Crippen molar-refractivity contribution in [3.63, 3.8) is 0 Å². The van der Waals surface area contributed by atoms with Gasteiger partial charge in [0.2, 0.25) is 5.91 Å².